The molecule has 0 radical (unpaired) electrons. The first kappa shape index (κ1) is 19.5. The van der Waals surface area contributed by atoms with Crippen LogP contribution in [-0.4, -0.2) is 24.4 Å². The average Bonchev–Trinajstić information content (AvgIpc) is 2.59. The second-order valence-corrected chi connectivity index (χ2v) is 5.50. The average molecular weight is 335 g/mol. The van der Waals surface area contributed by atoms with Crippen LogP contribution in [0.25, 0.3) is 0 Å². The second-order valence-electron chi connectivity index (χ2n) is 5.50. The summed E-state index contributed by atoms with van der Waals surface area (Å²) < 4.78 is 5.62. The van der Waals surface area contributed by atoms with Crippen LogP contribution in [0, 0.1) is 0 Å². The summed E-state index contributed by atoms with van der Waals surface area (Å²) in [5.41, 5.74) is 2.50. The zero-order valence-corrected chi connectivity index (χ0v) is 14.5. The Morgan fingerprint density at radius 3 is 2.30 bits per heavy atom. The van der Waals surface area contributed by atoms with Crippen LogP contribution in [0.15, 0.2) is 54.6 Å². The van der Waals surface area contributed by atoms with Crippen LogP contribution in [0.1, 0.15) is 31.0 Å². The number of hydrogen-bond donors (Lipinski definition) is 2. The van der Waals surface area contributed by atoms with Gasteiger partial charge >= 0.3 is 0 Å². The topological polar surface area (TPSA) is 41.5 Å². The summed E-state index contributed by atoms with van der Waals surface area (Å²) >= 11 is 0. The number of nitrogens with one attached hydrogen (secondary N) is 1. The highest BCUT2D eigenvalue weighted by Gasteiger charge is 2.09. The number of benzene rings is 2. The summed E-state index contributed by atoms with van der Waals surface area (Å²) in [5.74, 6) is 0.798. The zero-order valence-electron chi connectivity index (χ0n) is 13.7. The van der Waals surface area contributed by atoms with Gasteiger partial charge in [-0.25, -0.2) is 0 Å². The standard InChI is InChI=1S/C19H25NO2.ClH/c1-3-16-9-11-19(12-10-16)22-14-18(21)13-20-15(2)17-7-5-4-6-8-17;/h4-12,15,18,20-21H,3,13-14H2,1-2H3;1H/p-1. The molecule has 0 spiro atoms. The Balaban J connectivity index is 0.00000264. The first-order valence-electron chi connectivity index (χ1n) is 7.87. The van der Waals surface area contributed by atoms with Crippen LogP contribution in [0.5, 0.6) is 5.75 Å². The Morgan fingerprint density at radius 1 is 1.04 bits per heavy atom. The molecule has 0 aromatic heterocycles. The van der Waals surface area contributed by atoms with Crippen LogP contribution in [0.4, 0.5) is 0 Å². The van der Waals surface area contributed by atoms with Crippen molar-refractivity contribution >= 4 is 0 Å². The van der Waals surface area contributed by atoms with Crippen molar-refractivity contribution in [2.75, 3.05) is 13.2 Å². The molecular formula is C19H25ClNO2-. The van der Waals surface area contributed by atoms with Gasteiger partial charge in [0, 0.05) is 12.6 Å². The first-order chi connectivity index (χ1) is 10.7. The third-order valence-corrected chi connectivity index (χ3v) is 3.73. The van der Waals surface area contributed by atoms with Gasteiger partial charge in [-0.05, 0) is 36.6 Å². The van der Waals surface area contributed by atoms with E-state index in [1.54, 1.807) is 0 Å². The number of aliphatic hydroxyl groups is 1. The minimum absolute atomic E-state index is 0. The maximum Gasteiger partial charge on any atom is 0.119 e. The van der Waals surface area contributed by atoms with Crippen LogP contribution in [0.3, 0.4) is 0 Å². The molecule has 0 heterocycles. The molecule has 0 saturated carbocycles. The van der Waals surface area contributed by atoms with Crippen molar-refractivity contribution in [2.45, 2.75) is 32.4 Å². The highest BCUT2D eigenvalue weighted by molar-refractivity contribution is 5.27. The Morgan fingerprint density at radius 2 is 1.70 bits per heavy atom. The monoisotopic (exact) mass is 334 g/mol. The number of hydrogen-bond acceptors (Lipinski definition) is 3. The molecule has 2 N–H and O–H groups in total. The van der Waals surface area contributed by atoms with Crippen LogP contribution in [0.2, 0.25) is 0 Å². The van der Waals surface area contributed by atoms with Gasteiger partial charge in [-0.15, -0.1) is 0 Å². The summed E-state index contributed by atoms with van der Waals surface area (Å²) in [6, 6.07) is 18.4. The van der Waals surface area contributed by atoms with Gasteiger partial charge < -0.3 is 27.6 Å². The molecule has 3 nitrogen and oxygen atoms in total. The minimum atomic E-state index is -0.531. The molecule has 0 saturated heterocycles. The van der Waals surface area contributed by atoms with Crippen molar-refractivity contribution < 1.29 is 22.3 Å². The highest BCUT2D eigenvalue weighted by atomic mass is 35.5. The lowest BCUT2D eigenvalue weighted by molar-refractivity contribution is -0.00000639. The number of halogens is 1. The molecule has 2 aromatic rings. The molecule has 23 heavy (non-hydrogen) atoms. The highest BCUT2D eigenvalue weighted by Crippen LogP contribution is 2.13. The molecule has 2 unspecified atom stereocenters. The second kappa shape index (κ2) is 10.3. The van der Waals surface area contributed by atoms with E-state index in [9.17, 15) is 5.11 Å². The van der Waals surface area contributed by atoms with Crippen molar-refractivity contribution in [1.82, 2.24) is 5.32 Å². The number of ether oxygens (including phenoxy) is 1. The molecule has 2 rings (SSSR count). The predicted octanol–water partition coefficient (Wildman–Crippen LogP) is 0.344. The first-order valence-corrected chi connectivity index (χ1v) is 7.87. The molecule has 0 fully saturated rings. The van der Waals surface area contributed by atoms with Gasteiger partial charge in [0.15, 0.2) is 0 Å². The van der Waals surface area contributed by atoms with Gasteiger partial charge in [0.25, 0.3) is 0 Å². The summed E-state index contributed by atoms with van der Waals surface area (Å²) in [4.78, 5) is 0. The number of rotatable bonds is 8. The lowest BCUT2D eigenvalue weighted by atomic mass is 10.1. The number of aliphatic hydroxyl groups excluding tert-OH is 1. The fourth-order valence-electron chi connectivity index (χ4n) is 2.25. The zero-order chi connectivity index (χ0) is 15.8. The quantitative estimate of drug-likeness (QED) is 0.732. The Hall–Kier alpha value is -1.55. The number of aryl methyl sites for hydroxylation is 1. The Labute approximate surface area is 145 Å². The fraction of sp³-hybridized carbons (Fsp3) is 0.368. The molecule has 0 aliphatic rings. The van der Waals surface area contributed by atoms with Crippen molar-refractivity contribution in [3.63, 3.8) is 0 Å². The van der Waals surface area contributed by atoms with Crippen molar-refractivity contribution in [1.29, 1.82) is 0 Å². The maximum absolute atomic E-state index is 10.0. The van der Waals surface area contributed by atoms with E-state index in [4.69, 9.17) is 4.74 Å². The predicted molar refractivity (Wildman–Crippen MR) is 90.2 cm³/mol. The molecule has 0 amide bonds. The lowest BCUT2D eigenvalue weighted by Crippen LogP contribution is -3.00. The smallest absolute Gasteiger partial charge is 0.119 e. The van der Waals surface area contributed by atoms with Gasteiger partial charge in [0.05, 0.1) is 0 Å². The van der Waals surface area contributed by atoms with Gasteiger partial charge in [-0.2, -0.15) is 0 Å². The Bertz CT molecular complexity index is 545. The molecule has 0 aliphatic heterocycles. The summed E-state index contributed by atoms with van der Waals surface area (Å²) in [6.45, 7) is 5.01. The van der Waals surface area contributed by atoms with Gasteiger partial charge in [-0.1, -0.05) is 49.4 Å². The molecular weight excluding hydrogens is 310 g/mol. The third kappa shape index (κ3) is 6.61. The lowest BCUT2D eigenvalue weighted by Gasteiger charge is -2.18. The van der Waals surface area contributed by atoms with Gasteiger partial charge in [0.1, 0.15) is 18.5 Å². The van der Waals surface area contributed by atoms with Crippen LogP contribution < -0.4 is 22.5 Å². The minimum Gasteiger partial charge on any atom is -1.00 e. The van der Waals surface area contributed by atoms with Crippen molar-refractivity contribution in [2.24, 2.45) is 0 Å². The van der Waals surface area contributed by atoms with Crippen LogP contribution in [-0.2, 0) is 6.42 Å². The molecule has 0 bridgehead atoms. The SMILES string of the molecule is CCc1ccc(OCC(O)CNC(C)c2ccccc2)cc1.[Cl-]. The molecule has 0 aliphatic carbocycles. The van der Waals surface area contributed by atoms with Crippen molar-refractivity contribution in [3.8, 4) is 5.75 Å². The summed E-state index contributed by atoms with van der Waals surface area (Å²) in [7, 11) is 0. The van der Waals surface area contributed by atoms with E-state index in [0.29, 0.717) is 13.2 Å². The molecule has 2 atom stereocenters. The normalized spacial score (nSPS) is 13.0. The fourth-order valence-corrected chi connectivity index (χ4v) is 2.25. The molecule has 2 aromatic carbocycles. The molecule has 126 valence electrons. The van der Waals surface area contributed by atoms with Crippen molar-refractivity contribution in [3.05, 3.63) is 65.7 Å². The summed E-state index contributed by atoms with van der Waals surface area (Å²) in [6.07, 6.45) is 0.488. The van der Waals surface area contributed by atoms with E-state index < -0.39 is 6.10 Å². The Kier molecular flexibility index (Phi) is 8.70. The van der Waals surface area contributed by atoms with Gasteiger partial charge in [-0.3, -0.25) is 0 Å². The van der Waals surface area contributed by atoms with E-state index in [2.05, 4.69) is 43.4 Å². The maximum atomic E-state index is 10.0. The van der Waals surface area contributed by atoms with E-state index in [0.717, 1.165) is 12.2 Å². The van der Waals surface area contributed by atoms with E-state index >= 15 is 0 Å². The van der Waals surface area contributed by atoms with E-state index in [1.807, 2.05) is 30.3 Å². The van der Waals surface area contributed by atoms with Crippen LogP contribution >= 0.6 is 0 Å². The van der Waals surface area contributed by atoms with E-state index in [-0.39, 0.29) is 18.4 Å². The largest absolute Gasteiger partial charge is 1.00 e. The molecule has 4 heteroatoms. The van der Waals surface area contributed by atoms with Gasteiger partial charge in [0.2, 0.25) is 0 Å². The van der Waals surface area contributed by atoms with E-state index in [1.165, 1.54) is 11.1 Å². The summed E-state index contributed by atoms with van der Waals surface area (Å²) in [5, 5.41) is 13.3. The third-order valence-electron chi connectivity index (χ3n) is 3.73.